The van der Waals surface area contributed by atoms with Crippen LogP contribution >= 0.6 is 0 Å². The van der Waals surface area contributed by atoms with Crippen LogP contribution in [-0.4, -0.2) is 53.9 Å². The highest BCUT2D eigenvalue weighted by Crippen LogP contribution is 2.16. The lowest BCUT2D eigenvalue weighted by atomic mass is 10.1. The Morgan fingerprint density at radius 2 is 2.44 bits per heavy atom. The lowest BCUT2D eigenvalue weighted by Gasteiger charge is -2.24. The molecule has 0 radical (unpaired) electrons. The van der Waals surface area contributed by atoms with Crippen molar-refractivity contribution in [3.63, 3.8) is 0 Å². The fraction of sp³-hybridized carbons (Fsp3) is 0.462. The van der Waals surface area contributed by atoms with Crippen molar-refractivity contribution in [2.24, 2.45) is 0 Å². The number of carbonyl (C=O) groups is 1. The Balaban J connectivity index is 2.18. The first kappa shape index (κ1) is 12.5. The Hall–Kier alpha value is -1.93. The molecule has 2 rings (SSSR count). The maximum absolute atomic E-state index is 12.3. The van der Waals surface area contributed by atoms with Crippen LogP contribution < -0.4 is 0 Å². The number of carbonyl (C=O) groups excluding carboxylic acids is 1. The minimum Gasteiger partial charge on any atom is -0.337 e. The van der Waals surface area contributed by atoms with Gasteiger partial charge in [-0.1, -0.05) is 0 Å². The summed E-state index contributed by atoms with van der Waals surface area (Å²) in [7, 11) is 3.84. The van der Waals surface area contributed by atoms with Gasteiger partial charge in [-0.05, 0) is 26.1 Å². The maximum atomic E-state index is 12.3. The second kappa shape index (κ2) is 5.15. The van der Waals surface area contributed by atoms with E-state index in [0.29, 0.717) is 11.1 Å². The zero-order chi connectivity index (χ0) is 13.1. The molecule has 94 valence electrons. The molecule has 0 saturated carbocycles. The number of hydrogen-bond acceptors (Lipinski definition) is 4. The first-order chi connectivity index (χ1) is 8.63. The molecule has 5 heteroatoms. The van der Waals surface area contributed by atoms with Gasteiger partial charge in [0.25, 0.3) is 5.91 Å². The number of amides is 1. The van der Waals surface area contributed by atoms with E-state index < -0.39 is 0 Å². The van der Waals surface area contributed by atoms with Gasteiger partial charge >= 0.3 is 0 Å². The second-order valence-corrected chi connectivity index (χ2v) is 4.65. The van der Waals surface area contributed by atoms with Gasteiger partial charge in [-0.2, -0.15) is 5.26 Å². The molecule has 18 heavy (non-hydrogen) atoms. The number of pyridine rings is 1. The lowest BCUT2D eigenvalue weighted by Crippen LogP contribution is -2.38. The number of likely N-dealkylation sites (tertiary alicyclic amines) is 1. The summed E-state index contributed by atoms with van der Waals surface area (Å²) in [5.41, 5.74) is 0.769. The standard InChI is InChI=1S/C13H16N4O/c1-16-6-4-11(9-16)17(2)13(18)12-8-15-5-3-10(12)7-14/h3,5,8,11H,4,6,9H2,1-2H3. The highest BCUT2D eigenvalue weighted by Gasteiger charge is 2.28. The van der Waals surface area contributed by atoms with Crippen molar-refractivity contribution in [1.82, 2.24) is 14.8 Å². The highest BCUT2D eigenvalue weighted by atomic mass is 16.2. The fourth-order valence-corrected chi connectivity index (χ4v) is 2.25. The van der Waals surface area contributed by atoms with Gasteiger partial charge in [-0.25, -0.2) is 0 Å². The van der Waals surface area contributed by atoms with Crippen LogP contribution in [-0.2, 0) is 0 Å². The predicted molar refractivity (Wildman–Crippen MR) is 66.9 cm³/mol. The molecular weight excluding hydrogens is 228 g/mol. The summed E-state index contributed by atoms with van der Waals surface area (Å²) in [6.07, 6.45) is 3.97. The van der Waals surface area contributed by atoms with Gasteiger partial charge in [0.15, 0.2) is 0 Å². The third-order valence-corrected chi connectivity index (χ3v) is 3.41. The zero-order valence-corrected chi connectivity index (χ0v) is 10.6. The number of nitriles is 1. The Morgan fingerprint density at radius 3 is 3.06 bits per heavy atom. The highest BCUT2D eigenvalue weighted by molar-refractivity contribution is 5.96. The Morgan fingerprint density at radius 1 is 1.67 bits per heavy atom. The Kier molecular flexibility index (Phi) is 3.58. The number of hydrogen-bond donors (Lipinski definition) is 0. The van der Waals surface area contributed by atoms with Crippen LogP contribution in [0.25, 0.3) is 0 Å². The van der Waals surface area contributed by atoms with Crippen LogP contribution in [0, 0.1) is 11.3 Å². The lowest BCUT2D eigenvalue weighted by molar-refractivity contribution is 0.0737. The minimum atomic E-state index is -0.125. The number of nitrogens with zero attached hydrogens (tertiary/aromatic N) is 4. The van der Waals surface area contributed by atoms with Gasteiger partial charge < -0.3 is 9.80 Å². The number of aromatic nitrogens is 1. The first-order valence-corrected chi connectivity index (χ1v) is 5.93. The molecule has 1 aromatic heterocycles. The average Bonchev–Trinajstić information content (AvgIpc) is 2.83. The summed E-state index contributed by atoms with van der Waals surface area (Å²) in [5, 5.41) is 9.00. The molecule has 1 aliphatic rings. The maximum Gasteiger partial charge on any atom is 0.256 e. The Labute approximate surface area is 107 Å². The second-order valence-electron chi connectivity index (χ2n) is 4.65. The molecule has 1 unspecified atom stereocenters. The zero-order valence-electron chi connectivity index (χ0n) is 10.6. The van der Waals surface area contributed by atoms with Gasteiger partial charge in [0, 0.05) is 32.0 Å². The van der Waals surface area contributed by atoms with Crippen molar-refractivity contribution in [3.05, 3.63) is 29.6 Å². The summed E-state index contributed by atoms with van der Waals surface area (Å²) in [4.78, 5) is 20.2. The van der Waals surface area contributed by atoms with Crippen LogP contribution in [0.2, 0.25) is 0 Å². The van der Waals surface area contributed by atoms with Crippen molar-refractivity contribution in [2.75, 3.05) is 27.2 Å². The molecule has 1 aliphatic heterocycles. The van der Waals surface area contributed by atoms with E-state index in [1.165, 1.54) is 12.4 Å². The molecule has 2 heterocycles. The van der Waals surface area contributed by atoms with E-state index in [-0.39, 0.29) is 11.9 Å². The van der Waals surface area contributed by atoms with Crippen molar-refractivity contribution in [1.29, 1.82) is 5.26 Å². The first-order valence-electron chi connectivity index (χ1n) is 5.93. The largest absolute Gasteiger partial charge is 0.337 e. The van der Waals surface area contributed by atoms with Crippen LogP contribution in [0.4, 0.5) is 0 Å². The summed E-state index contributed by atoms with van der Waals surface area (Å²) in [5.74, 6) is -0.125. The normalized spacial score (nSPS) is 19.5. The van der Waals surface area contributed by atoms with Crippen LogP contribution in [0.5, 0.6) is 0 Å². The van der Waals surface area contributed by atoms with Crippen molar-refractivity contribution in [3.8, 4) is 6.07 Å². The average molecular weight is 244 g/mol. The topological polar surface area (TPSA) is 60.2 Å². The quantitative estimate of drug-likeness (QED) is 0.769. The van der Waals surface area contributed by atoms with Crippen LogP contribution in [0.15, 0.2) is 18.5 Å². The summed E-state index contributed by atoms with van der Waals surface area (Å²) in [6.45, 7) is 1.88. The van der Waals surface area contributed by atoms with E-state index in [4.69, 9.17) is 5.26 Å². The van der Waals surface area contributed by atoms with E-state index in [0.717, 1.165) is 19.5 Å². The van der Waals surface area contributed by atoms with E-state index in [2.05, 4.69) is 9.88 Å². The van der Waals surface area contributed by atoms with Crippen LogP contribution in [0.3, 0.4) is 0 Å². The van der Waals surface area contributed by atoms with Gasteiger partial charge in [-0.3, -0.25) is 9.78 Å². The van der Waals surface area contributed by atoms with E-state index in [1.54, 1.807) is 18.0 Å². The number of likely N-dealkylation sites (N-methyl/N-ethyl adjacent to an activating group) is 2. The molecule has 1 fully saturated rings. The van der Waals surface area contributed by atoms with Crippen LogP contribution in [0.1, 0.15) is 22.3 Å². The summed E-state index contributed by atoms with van der Waals surface area (Å²) < 4.78 is 0. The smallest absolute Gasteiger partial charge is 0.256 e. The molecule has 1 amide bonds. The molecule has 0 N–H and O–H groups in total. The van der Waals surface area contributed by atoms with E-state index in [1.807, 2.05) is 13.1 Å². The third-order valence-electron chi connectivity index (χ3n) is 3.41. The molecule has 1 aromatic rings. The van der Waals surface area contributed by atoms with Crippen molar-refractivity contribution < 1.29 is 4.79 Å². The van der Waals surface area contributed by atoms with E-state index >= 15 is 0 Å². The molecule has 0 spiro atoms. The molecule has 1 atom stereocenters. The van der Waals surface area contributed by atoms with Gasteiger partial charge in [0.05, 0.1) is 11.1 Å². The molecule has 0 bridgehead atoms. The monoisotopic (exact) mass is 244 g/mol. The fourth-order valence-electron chi connectivity index (χ4n) is 2.25. The van der Waals surface area contributed by atoms with E-state index in [9.17, 15) is 4.79 Å². The third kappa shape index (κ3) is 2.34. The number of rotatable bonds is 2. The summed E-state index contributed by atoms with van der Waals surface area (Å²) >= 11 is 0. The van der Waals surface area contributed by atoms with Gasteiger partial charge in [0.1, 0.15) is 6.07 Å². The van der Waals surface area contributed by atoms with Crippen molar-refractivity contribution >= 4 is 5.91 Å². The minimum absolute atomic E-state index is 0.125. The molecule has 5 nitrogen and oxygen atoms in total. The van der Waals surface area contributed by atoms with Crippen molar-refractivity contribution in [2.45, 2.75) is 12.5 Å². The molecule has 0 aromatic carbocycles. The predicted octanol–water partition coefficient (Wildman–Crippen LogP) is 0.729. The van der Waals surface area contributed by atoms with Gasteiger partial charge in [-0.15, -0.1) is 0 Å². The molecular formula is C13H16N4O. The summed E-state index contributed by atoms with van der Waals surface area (Å²) in [6, 6.07) is 3.82. The van der Waals surface area contributed by atoms with Gasteiger partial charge in [0.2, 0.25) is 0 Å². The Bertz CT molecular complexity index is 494. The SMILES string of the molecule is CN1CCC(N(C)C(=O)c2cnccc2C#N)C1. The molecule has 0 aliphatic carbocycles. The molecule has 1 saturated heterocycles.